The lowest BCUT2D eigenvalue weighted by atomic mass is 10.2. The third-order valence-corrected chi connectivity index (χ3v) is 2.79. The fraction of sp³-hybridized carbons (Fsp3) is 0.769. The maximum Gasteiger partial charge on any atom is 0.322 e. The number of nitrogens with one attached hydrogen (secondary N) is 1. The molecule has 0 aliphatic heterocycles. The highest BCUT2D eigenvalue weighted by Gasteiger charge is 2.13. The van der Waals surface area contributed by atoms with Gasteiger partial charge in [0.15, 0.2) is 0 Å². The van der Waals surface area contributed by atoms with Gasteiger partial charge in [0, 0.05) is 12.5 Å². The van der Waals surface area contributed by atoms with E-state index < -0.39 is 0 Å². The van der Waals surface area contributed by atoms with Gasteiger partial charge in [0.2, 0.25) is 11.8 Å². The van der Waals surface area contributed by atoms with E-state index in [4.69, 9.17) is 9.52 Å². The minimum atomic E-state index is -0.173. The van der Waals surface area contributed by atoms with Crippen LogP contribution in [0.3, 0.4) is 0 Å². The van der Waals surface area contributed by atoms with Crippen molar-refractivity contribution in [2.75, 3.05) is 32.1 Å². The molecular formula is C13H24N4O3. The monoisotopic (exact) mass is 284 g/mol. The van der Waals surface area contributed by atoms with Crippen LogP contribution in [0.2, 0.25) is 0 Å². The molecule has 20 heavy (non-hydrogen) atoms. The highest BCUT2D eigenvalue weighted by Crippen LogP contribution is 2.14. The van der Waals surface area contributed by atoms with Gasteiger partial charge in [0.1, 0.15) is 0 Å². The Labute approximate surface area is 119 Å². The number of aromatic nitrogens is 2. The lowest BCUT2D eigenvalue weighted by Gasteiger charge is -2.14. The zero-order valence-corrected chi connectivity index (χ0v) is 12.4. The second kappa shape index (κ2) is 8.65. The molecule has 2 N–H and O–H groups in total. The number of carbonyl (C=O) groups excluding carboxylic acids is 1. The van der Waals surface area contributed by atoms with E-state index in [2.05, 4.69) is 15.5 Å². The number of hydrogen-bond acceptors (Lipinski definition) is 6. The number of amides is 1. The summed E-state index contributed by atoms with van der Waals surface area (Å²) in [7, 11) is 1.88. The summed E-state index contributed by atoms with van der Waals surface area (Å²) < 4.78 is 5.31. The summed E-state index contributed by atoms with van der Waals surface area (Å²) in [6.45, 7) is 5.20. The lowest BCUT2D eigenvalue weighted by Crippen LogP contribution is -2.31. The molecule has 1 aromatic rings. The van der Waals surface area contributed by atoms with Crippen molar-refractivity contribution in [2.45, 2.75) is 39.0 Å². The number of carbonyl (C=O) groups is 1. The van der Waals surface area contributed by atoms with Crippen molar-refractivity contribution in [1.29, 1.82) is 0 Å². The zero-order valence-electron chi connectivity index (χ0n) is 12.4. The van der Waals surface area contributed by atoms with Gasteiger partial charge in [-0.2, -0.15) is 0 Å². The van der Waals surface area contributed by atoms with Gasteiger partial charge >= 0.3 is 6.01 Å². The molecule has 0 aliphatic carbocycles. The molecule has 1 rings (SSSR count). The number of hydrogen-bond donors (Lipinski definition) is 2. The topological polar surface area (TPSA) is 91.5 Å². The minimum absolute atomic E-state index is 0.141. The third-order valence-electron chi connectivity index (χ3n) is 2.79. The minimum Gasteiger partial charge on any atom is -0.408 e. The van der Waals surface area contributed by atoms with E-state index in [0.29, 0.717) is 5.89 Å². The number of nitrogens with zero attached hydrogens (tertiary/aromatic N) is 3. The average molecular weight is 284 g/mol. The van der Waals surface area contributed by atoms with Crippen LogP contribution in [-0.4, -0.2) is 52.9 Å². The predicted molar refractivity (Wildman–Crippen MR) is 75.5 cm³/mol. The summed E-state index contributed by atoms with van der Waals surface area (Å²) in [6, 6.07) is 0.146. The molecule has 7 nitrogen and oxygen atoms in total. The lowest BCUT2D eigenvalue weighted by molar-refractivity contribution is -0.117. The van der Waals surface area contributed by atoms with Crippen molar-refractivity contribution in [3.8, 4) is 0 Å². The van der Waals surface area contributed by atoms with E-state index in [9.17, 15) is 4.79 Å². The summed E-state index contributed by atoms with van der Waals surface area (Å²) in [5.41, 5.74) is 0. The molecule has 1 heterocycles. The van der Waals surface area contributed by atoms with E-state index in [1.807, 2.05) is 25.8 Å². The van der Waals surface area contributed by atoms with E-state index in [0.717, 1.165) is 25.8 Å². The highest BCUT2D eigenvalue weighted by atomic mass is 16.4. The van der Waals surface area contributed by atoms with Crippen molar-refractivity contribution < 1.29 is 14.3 Å². The smallest absolute Gasteiger partial charge is 0.322 e. The number of aliphatic hydroxyl groups excluding tert-OH is 1. The summed E-state index contributed by atoms with van der Waals surface area (Å²) in [5, 5.41) is 18.9. The molecule has 114 valence electrons. The van der Waals surface area contributed by atoms with Crippen LogP contribution >= 0.6 is 0 Å². The summed E-state index contributed by atoms with van der Waals surface area (Å²) in [5.74, 6) is 0.480. The third kappa shape index (κ3) is 6.12. The first-order valence-electron chi connectivity index (χ1n) is 6.95. The van der Waals surface area contributed by atoms with Crippen molar-refractivity contribution in [2.24, 2.45) is 0 Å². The molecule has 0 aliphatic rings. The van der Waals surface area contributed by atoms with Gasteiger partial charge in [-0.15, -0.1) is 5.10 Å². The average Bonchev–Trinajstić information content (AvgIpc) is 2.83. The van der Waals surface area contributed by atoms with Crippen LogP contribution in [0, 0.1) is 0 Å². The molecule has 0 saturated heterocycles. The molecule has 1 aromatic heterocycles. The van der Waals surface area contributed by atoms with Crippen molar-refractivity contribution >= 4 is 11.9 Å². The molecule has 0 aromatic carbocycles. The van der Waals surface area contributed by atoms with Crippen LogP contribution in [0.25, 0.3) is 0 Å². The van der Waals surface area contributed by atoms with E-state index in [1.165, 1.54) is 0 Å². The highest BCUT2D eigenvalue weighted by molar-refractivity contribution is 5.90. The molecule has 0 saturated carbocycles. The molecular weight excluding hydrogens is 260 g/mol. The van der Waals surface area contributed by atoms with E-state index >= 15 is 0 Å². The standard InChI is InChI=1S/C13H24N4O3/c1-10(2)12-15-16-13(20-12)14-11(19)9-17(3)7-5-4-6-8-18/h10,18H,4-9H2,1-3H3,(H,14,16,19). The second-order valence-electron chi connectivity index (χ2n) is 5.17. The van der Waals surface area contributed by atoms with E-state index in [1.54, 1.807) is 0 Å². The number of aliphatic hydroxyl groups is 1. The van der Waals surface area contributed by atoms with Gasteiger partial charge in [-0.05, 0) is 32.9 Å². The number of rotatable bonds is 9. The van der Waals surface area contributed by atoms with Crippen LogP contribution in [0.5, 0.6) is 0 Å². The Hall–Kier alpha value is -1.47. The van der Waals surface area contributed by atoms with Gasteiger partial charge in [-0.3, -0.25) is 15.0 Å². The van der Waals surface area contributed by atoms with Gasteiger partial charge < -0.3 is 9.52 Å². The van der Waals surface area contributed by atoms with Crippen molar-refractivity contribution in [1.82, 2.24) is 15.1 Å². The van der Waals surface area contributed by atoms with Crippen LogP contribution in [0.1, 0.15) is 44.9 Å². The van der Waals surface area contributed by atoms with Crippen LogP contribution in [0.4, 0.5) is 6.01 Å². The Morgan fingerprint density at radius 1 is 1.35 bits per heavy atom. The van der Waals surface area contributed by atoms with Crippen molar-refractivity contribution in [3.05, 3.63) is 5.89 Å². The Morgan fingerprint density at radius 2 is 2.10 bits per heavy atom. The molecule has 0 fully saturated rings. The SMILES string of the molecule is CC(C)c1nnc(NC(=O)CN(C)CCCCCO)o1. The van der Waals surface area contributed by atoms with Crippen LogP contribution in [-0.2, 0) is 4.79 Å². The Morgan fingerprint density at radius 3 is 2.70 bits per heavy atom. The molecule has 1 amide bonds. The largest absolute Gasteiger partial charge is 0.408 e. The summed E-state index contributed by atoms with van der Waals surface area (Å²) in [6.07, 6.45) is 2.73. The number of anilines is 1. The van der Waals surface area contributed by atoms with E-state index in [-0.39, 0.29) is 31.0 Å². The van der Waals surface area contributed by atoms with Gasteiger partial charge in [0.05, 0.1) is 6.54 Å². The van der Waals surface area contributed by atoms with Crippen LogP contribution in [0.15, 0.2) is 4.42 Å². The van der Waals surface area contributed by atoms with Gasteiger partial charge in [-0.25, -0.2) is 0 Å². The summed E-state index contributed by atoms with van der Waals surface area (Å²) in [4.78, 5) is 13.7. The first-order chi connectivity index (χ1) is 9.52. The number of unbranched alkanes of at least 4 members (excludes halogenated alkanes) is 2. The summed E-state index contributed by atoms with van der Waals surface area (Å²) >= 11 is 0. The predicted octanol–water partition coefficient (Wildman–Crippen LogP) is 1.23. The second-order valence-corrected chi connectivity index (χ2v) is 5.17. The molecule has 0 atom stereocenters. The molecule has 0 bridgehead atoms. The maximum absolute atomic E-state index is 11.8. The molecule has 0 spiro atoms. The molecule has 0 radical (unpaired) electrons. The van der Waals surface area contributed by atoms with Gasteiger partial charge in [-0.1, -0.05) is 18.9 Å². The Kier molecular flexibility index (Phi) is 7.17. The Bertz CT molecular complexity index is 406. The first-order valence-corrected chi connectivity index (χ1v) is 6.95. The fourth-order valence-electron chi connectivity index (χ4n) is 1.67. The fourth-order valence-corrected chi connectivity index (χ4v) is 1.67. The molecule has 0 unspecified atom stereocenters. The first kappa shape index (κ1) is 16.6. The van der Waals surface area contributed by atoms with Gasteiger partial charge in [0.25, 0.3) is 0 Å². The zero-order chi connectivity index (χ0) is 15.0. The molecule has 7 heteroatoms. The number of likely N-dealkylation sites (N-methyl/N-ethyl adjacent to an activating group) is 1. The quantitative estimate of drug-likeness (QED) is 0.663. The van der Waals surface area contributed by atoms with Crippen molar-refractivity contribution in [3.63, 3.8) is 0 Å². The Balaban J connectivity index is 2.28. The normalized spacial score (nSPS) is 11.3. The van der Waals surface area contributed by atoms with Crippen LogP contribution < -0.4 is 5.32 Å². The maximum atomic E-state index is 11.8.